The molecule has 0 fully saturated rings. The topological polar surface area (TPSA) is 47.0 Å². The van der Waals surface area contributed by atoms with Crippen molar-refractivity contribution in [3.05, 3.63) is 0 Å². The Kier molecular flexibility index (Phi) is 10.7. The Morgan fingerprint density at radius 2 is 1.40 bits per heavy atom. The largest absolute Gasteiger partial charge is 0.393 e. The Hall–Kier alpha value is -0.650. The molecule has 0 spiro atoms. The normalized spacial score (nSPS) is 13.0. The summed E-state index contributed by atoms with van der Waals surface area (Å²) in [6.07, 6.45) is 2.59. The number of hydrogen-bond acceptors (Lipinski definition) is 4. The number of carbonyl (C=O) groups excluding carboxylic acids is 1. The van der Waals surface area contributed by atoms with Gasteiger partial charge in [0, 0.05) is 19.5 Å². The highest BCUT2D eigenvalue weighted by Gasteiger charge is 2.14. The van der Waals surface area contributed by atoms with Crippen molar-refractivity contribution in [1.29, 1.82) is 0 Å². The molecule has 0 bridgehead atoms. The van der Waals surface area contributed by atoms with Gasteiger partial charge in [-0.3, -0.25) is 4.79 Å². The molecular weight excluding hydrogens is 254 g/mol. The van der Waals surface area contributed by atoms with E-state index in [1.54, 1.807) is 6.92 Å². The van der Waals surface area contributed by atoms with Crippen molar-refractivity contribution in [3.8, 4) is 0 Å². The maximum Gasteiger partial charge on any atom is 0.222 e. The summed E-state index contributed by atoms with van der Waals surface area (Å²) in [5.41, 5.74) is 0. The van der Waals surface area contributed by atoms with Crippen LogP contribution in [0.15, 0.2) is 0 Å². The summed E-state index contributed by atoms with van der Waals surface area (Å²) in [4.78, 5) is 18.4. The molecule has 0 radical (unpaired) electrons. The van der Waals surface area contributed by atoms with E-state index in [2.05, 4.69) is 9.80 Å². The highest BCUT2D eigenvalue weighted by Crippen LogP contribution is 2.04. The van der Waals surface area contributed by atoms with Crippen LogP contribution in [0.25, 0.3) is 0 Å². The van der Waals surface area contributed by atoms with E-state index in [9.17, 15) is 9.90 Å². The fraction of sp³-hybridized carbons (Fsp3) is 0.933. The minimum Gasteiger partial charge on any atom is -0.393 e. The molecule has 0 saturated carbocycles. The monoisotopic (exact) mass is 287 g/mol. The molecule has 0 aliphatic carbocycles. The zero-order valence-corrected chi connectivity index (χ0v) is 13.9. The molecule has 1 atom stereocenters. The van der Waals surface area contributed by atoms with Crippen LogP contribution >= 0.6 is 0 Å². The molecule has 1 N–H and O–H groups in total. The summed E-state index contributed by atoms with van der Waals surface area (Å²) in [5.74, 6) is 0.170. The number of nitrogens with zero attached hydrogens (tertiary/aromatic N) is 3. The van der Waals surface area contributed by atoms with Gasteiger partial charge >= 0.3 is 0 Å². The van der Waals surface area contributed by atoms with Crippen LogP contribution in [-0.4, -0.2) is 86.2 Å². The van der Waals surface area contributed by atoms with Gasteiger partial charge in [-0.2, -0.15) is 0 Å². The van der Waals surface area contributed by atoms with Gasteiger partial charge in [0.25, 0.3) is 0 Å². The van der Waals surface area contributed by atoms with Gasteiger partial charge in [-0.25, -0.2) is 0 Å². The van der Waals surface area contributed by atoms with Gasteiger partial charge in [-0.15, -0.1) is 0 Å². The molecular formula is C15H33N3O2. The van der Waals surface area contributed by atoms with Gasteiger partial charge in [0.2, 0.25) is 5.91 Å². The van der Waals surface area contributed by atoms with E-state index in [1.165, 1.54) is 0 Å². The number of hydrogen-bond donors (Lipinski definition) is 1. The smallest absolute Gasteiger partial charge is 0.222 e. The third kappa shape index (κ3) is 11.2. The Balaban J connectivity index is 4.18. The fourth-order valence-corrected chi connectivity index (χ4v) is 2.01. The van der Waals surface area contributed by atoms with E-state index in [0.717, 1.165) is 39.0 Å². The van der Waals surface area contributed by atoms with Crippen LogP contribution in [0, 0.1) is 0 Å². The van der Waals surface area contributed by atoms with Crippen LogP contribution < -0.4 is 0 Å². The molecule has 1 unspecified atom stereocenters. The van der Waals surface area contributed by atoms with Crippen molar-refractivity contribution in [1.82, 2.24) is 14.7 Å². The third-order valence-electron chi connectivity index (χ3n) is 3.20. The van der Waals surface area contributed by atoms with Crippen LogP contribution in [-0.2, 0) is 4.79 Å². The molecule has 120 valence electrons. The first kappa shape index (κ1) is 19.4. The third-order valence-corrected chi connectivity index (χ3v) is 3.20. The van der Waals surface area contributed by atoms with E-state index in [-0.39, 0.29) is 5.91 Å². The predicted octanol–water partition coefficient (Wildman–Crippen LogP) is 0.879. The molecule has 0 aromatic rings. The van der Waals surface area contributed by atoms with E-state index >= 15 is 0 Å². The average Bonchev–Trinajstić information content (AvgIpc) is 2.33. The fourth-order valence-electron chi connectivity index (χ4n) is 2.01. The van der Waals surface area contributed by atoms with Gasteiger partial charge in [0.1, 0.15) is 0 Å². The summed E-state index contributed by atoms with van der Waals surface area (Å²) < 4.78 is 0. The first-order valence-corrected chi connectivity index (χ1v) is 7.58. The molecule has 5 heteroatoms. The summed E-state index contributed by atoms with van der Waals surface area (Å²) in [5, 5.41) is 9.30. The maximum absolute atomic E-state index is 12.2. The standard InChI is InChI=1S/C15H33N3O2/c1-14(19)8-9-15(20)18(12-6-10-16(2)3)13-7-11-17(4)5/h14,19H,6-13H2,1-5H3. The second-order valence-corrected chi connectivity index (χ2v) is 6.08. The Bertz CT molecular complexity index is 242. The highest BCUT2D eigenvalue weighted by molar-refractivity contribution is 5.76. The van der Waals surface area contributed by atoms with E-state index in [4.69, 9.17) is 0 Å². The molecule has 1 amide bonds. The van der Waals surface area contributed by atoms with Gasteiger partial charge in [-0.1, -0.05) is 0 Å². The first-order valence-electron chi connectivity index (χ1n) is 7.58. The molecule has 0 aliphatic rings. The van der Waals surface area contributed by atoms with Gasteiger partial charge in [-0.05, 0) is 67.5 Å². The van der Waals surface area contributed by atoms with Gasteiger partial charge in [0.15, 0.2) is 0 Å². The van der Waals surface area contributed by atoms with Crippen molar-refractivity contribution in [2.45, 2.75) is 38.7 Å². The molecule has 0 aliphatic heterocycles. The predicted molar refractivity (Wildman–Crippen MR) is 83.8 cm³/mol. The van der Waals surface area contributed by atoms with Crippen molar-refractivity contribution in [2.75, 3.05) is 54.4 Å². The summed E-state index contributed by atoms with van der Waals surface area (Å²) in [6.45, 7) is 5.34. The molecule has 0 rings (SSSR count). The summed E-state index contributed by atoms with van der Waals surface area (Å²) >= 11 is 0. The number of carbonyl (C=O) groups is 1. The zero-order chi connectivity index (χ0) is 15.5. The minimum atomic E-state index is -0.399. The quantitative estimate of drug-likeness (QED) is 0.613. The lowest BCUT2D eigenvalue weighted by Gasteiger charge is -2.24. The van der Waals surface area contributed by atoms with E-state index in [0.29, 0.717) is 12.8 Å². The Morgan fingerprint density at radius 3 is 1.75 bits per heavy atom. The summed E-state index contributed by atoms with van der Waals surface area (Å²) in [7, 11) is 8.19. The number of amides is 1. The lowest BCUT2D eigenvalue weighted by Crippen LogP contribution is -2.35. The summed E-state index contributed by atoms with van der Waals surface area (Å²) in [6, 6.07) is 0. The van der Waals surface area contributed by atoms with Crippen molar-refractivity contribution >= 4 is 5.91 Å². The zero-order valence-electron chi connectivity index (χ0n) is 13.9. The molecule has 0 heterocycles. The van der Waals surface area contributed by atoms with E-state index in [1.807, 2.05) is 33.1 Å². The van der Waals surface area contributed by atoms with Crippen LogP contribution in [0.1, 0.15) is 32.6 Å². The lowest BCUT2D eigenvalue weighted by atomic mass is 10.2. The maximum atomic E-state index is 12.2. The highest BCUT2D eigenvalue weighted by atomic mass is 16.3. The Morgan fingerprint density at radius 1 is 0.950 bits per heavy atom. The van der Waals surface area contributed by atoms with Crippen molar-refractivity contribution in [3.63, 3.8) is 0 Å². The second-order valence-electron chi connectivity index (χ2n) is 6.08. The van der Waals surface area contributed by atoms with Crippen molar-refractivity contribution in [2.24, 2.45) is 0 Å². The minimum absolute atomic E-state index is 0.170. The molecule has 5 nitrogen and oxygen atoms in total. The van der Waals surface area contributed by atoms with Crippen LogP contribution in [0.2, 0.25) is 0 Å². The molecule has 0 saturated heterocycles. The van der Waals surface area contributed by atoms with Crippen molar-refractivity contribution < 1.29 is 9.90 Å². The molecule has 0 aromatic heterocycles. The molecule has 20 heavy (non-hydrogen) atoms. The number of aliphatic hydroxyl groups is 1. The SMILES string of the molecule is CC(O)CCC(=O)N(CCCN(C)C)CCCN(C)C. The second kappa shape index (κ2) is 11.1. The number of rotatable bonds is 11. The van der Waals surface area contributed by atoms with Crippen LogP contribution in [0.5, 0.6) is 0 Å². The van der Waals surface area contributed by atoms with Gasteiger partial charge < -0.3 is 19.8 Å². The first-order chi connectivity index (χ1) is 9.32. The van der Waals surface area contributed by atoms with Crippen LogP contribution in [0.4, 0.5) is 0 Å². The van der Waals surface area contributed by atoms with Crippen LogP contribution in [0.3, 0.4) is 0 Å². The average molecular weight is 287 g/mol. The Labute approximate surface area is 124 Å². The van der Waals surface area contributed by atoms with E-state index < -0.39 is 6.10 Å². The van der Waals surface area contributed by atoms with Gasteiger partial charge in [0.05, 0.1) is 6.10 Å². The lowest BCUT2D eigenvalue weighted by molar-refractivity contribution is -0.132. The molecule has 0 aromatic carbocycles. The number of aliphatic hydroxyl groups excluding tert-OH is 1.